The first-order valence-electron chi connectivity index (χ1n) is 11.1. The van der Waals surface area contributed by atoms with Gasteiger partial charge in [-0.25, -0.2) is 13.1 Å². The number of nitro groups is 1. The van der Waals surface area contributed by atoms with Crippen molar-refractivity contribution in [1.82, 2.24) is 4.72 Å². The number of aliphatic imine (C=N–C) groups is 1. The monoisotopic (exact) mass is 491 g/mol. The molecule has 1 N–H and O–H groups in total. The molecule has 3 rings (SSSR count). The fourth-order valence-corrected chi connectivity index (χ4v) is 5.43. The number of esters is 1. The van der Waals surface area contributed by atoms with Crippen LogP contribution in [-0.4, -0.2) is 49.2 Å². The first kappa shape index (κ1) is 25.7. The zero-order valence-corrected chi connectivity index (χ0v) is 20.4. The van der Waals surface area contributed by atoms with Crippen LogP contribution in [0.15, 0.2) is 40.5 Å². The third-order valence-electron chi connectivity index (χ3n) is 5.72. The van der Waals surface area contributed by atoms with Gasteiger partial charge in [0.1, 0.15) is 11.7 Å². The van der Waals surface area contributed by atoms with Gasteiger partial charge in [-0.1, -0.05) is 12.1 Å². The number of rotatable bonds is 10. The Balaban J connectivity index is 2.07. The minimum Gasteiger partial charge on any atom is -0.465 e. The molecule has 1 aliphatic heterocycles. The molecular formula is C23H29N3O7S. The highest BCUT2D eigenvalue weighted by molar-refractivity contribution is 7.90. The van der Waals surface area contributed by atoms with E-state index in [1.54, 1.807) is 33.8 Å². The number of carbonyl (C=O) groups is 2. The van der Waals surface area contributed by atoms with E-state index in [4.69, 9.17) is 4.74 Å². The predicted octanol–water partition coefficient (Wildman–Crippen LogP) is 2.89. The molecule has 0 spiro atoms. The second-order valence-electron chi connectivity index (χ2n) is 9.09. The number of nitrogens with one attached hydrogen (secondary N) is 1. The van der Waals surface area contributed by atoms with Crippen LogP contribution in [0.4, 0.5) is 5.69 Å². The van der Waals surface area contributed by atoms with E-state index in [0.717, 1.165) is 12.8 Å². The molecule has 34 heavy (non-hydrogen) atoms. The van der Waals surface area contributed by atoms with Crippen LogP contribution in [0.25, 0.3) is 0 Å². The topological polar surface area (TPSA) is 145 Å². The maximum atomic E-state index is 13.3. The molecule has 0 amide bonds. The van der Waals surface area contributed by atoms with E-state index in [-0.39, 0.29) is 23.6 Å². The lowest BCUT2D eigenvalue weighted by atomic mass is 9.74. The van der Waals surface area contributed by atoms with Crippen LogP contribution < -0.4 is 4.72 Å². The van der Waals surface area contributed by atoms with Crippen molar-refractivity contribution in [2.45, 2.75) is 52.5 Å². The number of hydrogen-bond acceptors (Lipinski definition) is 8. The number of nitrogens with zero attached hydrogens (tertiary/aromatic N) is 2. The van der Waals surface area contributed by atoms with E-state index in [1.165, 1.54) is 18.2 Å². The number of nitro benzene ring substituents is 1. The minimum atomic E-state index is -3.95. The highest BCUT2D eigenvalue weighted by Crippen LogP contribution is 2.41. The summed E-state index contributed by atoms with van der Waals surface area (Å²) in [5.74, 6) is -3.81. The van der Waals surface area contributed by atoms with Gasteiger partial charge in [0, 0.05) is 41.1 Å². The second kappa shape index (κ2) is 10.1. The zero-order valence-electron chi connectivity index (χ0n) is 19.6. The number of sulfonamides is 1. The molecular weight excluding hydrogens is 462 g/mol. The first-order valence-corrected chi connectivity index (χ1v) is 12.7. The Morgan fingerprint density at radius 1 is 1.26 bits per heavy atom. The number of carbonyl (C=O) groups excluding carboxylic acids is 2. The van der Waals surface area contributed by atoms with Crippen molar-refractivity contribution in [3.05, 3.63) is 51.2 Å². The lowest BCUT2D eigenvalue weighted by Gasteiger charge is -2.32. The SMILES string of the molecule is CC1=NC(C)=C(C(=O)CS(=O)(=O)NC(C)C)C(c2cccc([N+](=O)[O-])c2)C1C(=O)OCC1CC1. The summed E-state index contributed by atoms with van der Waals surface area (Å²) in [4.78, 5) is 41.7. The van der Waals surface area contributed by atoms with Crippen molar-refractivity contribution >= 4 is 33.2 Å². The number of Topliss-reactive ketones (excluding diaryl/α,β-unsaturated/α-hetero) is 1. The molecule has 0 saturated heterocycles. The number of benzene rings is 1. The Hall–Kier alpha value is -2.92. The molecule has 0 radical (unpaired) electrons. The molecule has 1 aliphatic carbocycles. The van der Waals surface area contributed by atoms with Crippen molar-refractivity contribution in [3.63, 3.8) is 0 Å². The Morgan fingerprint density at radius 3 is 2.53 bits per heavy atom. The van der Waals surface area contributed by atoms with Gasteiger partial charge in [-0.2, -0.15) is 0 Å². The fourth-order valence-electron chi connectivity index (χ4n) is 4.13. The van der Waals surface area contributed by atoms with Gasteiger partial charge in [0.05, 0.1) is 11.5 Å². The Labute approximate surface area is 198 Å². The molecule has 11 heteroatoms. The number of ether oxygens (including phenoxy) is 1. The fraction of sp³-hybridized carbons (Fsp3) is 0.522. The molecule has 184 valence electrons. The standard InChI is InChI=1S/C23H29N3O7S/c1-13(2)25-34(31,32)12-19(27)20-14(3)24-15(4)21(23(28)33-11-16-8-9-16)22(20)17-6-5-7-18(10-17)26(29)30/h5-7,10,13,16,21-22,25H,8-9,11-12H2,1-4H3. The number of non-ortho nitro benzene ring substituents is 1. The minimum absolute atomic E-state index is 0.0357. The lowest BCUT2D eigenvalue weighted by Crippen LogP contribution is -2.40. The third kappa shape index (κ3) is 6.15. The molecule has 0 aromatic heterocycles. The maximum absolute atomic E-state index is 13.3. The Morgan fingerprint density at radius 2 is 1.94 bits per heavy atom. The molecule has 10 nitrogen and oxygen atoms in total. The van der Waals surface area contributed by atoms with Crippen LogP contribution in [0, 0.1) is 22.0 Å². The van der Waals surface area contributed by atoms with Gasteiger partial charge in [-0.05, 0) is 52.0 Å². The molecule has 1 heterocycles. The van der Waals surface area contributed by atoms with Crippen molar-refractivity contribution in [2.24, 2.45) is 16.8 Å². The van der Waals surface area contributed by atoms with Gasteiger partial charge in [0.15, 0.2) is 5.78 Å². The summed E-state index contributed by atoms with van der Waals surface area (Å²) in [5, 5.41) is 11.4. The Kier molecular flexibility index (Phi) is 7.67. The zero-order chi connectivity index (χ0) is 25.2. The van der Waals surface area contributed by atoms with Crippen molar-refractivity contribution in [1.29, 1.82) is 0 Å². The van der Waals surface area contributed by atoms with Gasteiger partial charge >= 0.3 is 5.97 Å². The molecule has 1 aromatic rings. The summed E-state index contributed by atoms with van der Waals surface area (Å²) in [7, 11) is -3.95. The van der Waals surface area contributed by atoms with Crippen LogP contribution in [0.1, 0.15) is 52.0 Å². The predicted molar refractivity (Wildman–Crippen MR) is 126 cm³/mol. The first-order chi connectivity index (χ1) is 15.9. The normalized spacial score (nSPS) is 20.8. The highest BCUT2D eigenvalue weighted by atomic mass is 32.2. The van der Waals surface area contributed by atoms with Crippen LogP contribution in [-0.2, 0) is 24.3 Å². The van der Waals surface area contributed by atoms with E-state index in [2.05, 4.69) is 9.71 Å². The van der Waals surface area contributed by atoms with E-state index in [1.807, 2.05) is 0 Å². The van der Waals surface area contributed by atoms with Crippen molar-refractivity contribution in [2.75, 3.05) is 12.4 Å². The molecule has 0 bridgehead atoms. The summed E-state index contributed by atoms with van der Waals surface area (Å²) >= 11 is 0. The summed E-state index contributed by atoms with van der Waals surface area (Å²) in [6.07, 6.45) is 1.95. The van der Waals surface area contributed by atoms with Gasteiger partial charge in [-0.15, -0.1) is 0 Å². The number of allylic oxidation sites excluding steroid dienone is 2. The largest absolute Gasteiger partial charge is 0.465 e. The van der Waals surface area contributed by atoms with Gasteiger partial charge < -0.3 is 4.74 Å². The summed E-state index contributed by atoms with van der Waals surface area (Å²) in [6, 6.07) is 5.25. The second-order valence-corrected chi connectivity index (χ2v) is 10.8. The lowest BCUT2D eigenvalue weighted by molar-refractivity contribution is -0.384. The van der Waals surface area contributed by atoms with E-state index < -0.39 is 50.3 Å². The molecule has 1 fully saturated rings. The van der Waals surface area contributed by atoms with Gasteiger partial charge in [-0.3, -0.25) is 24.7 Å². The van der Waals surface area contributed by atoms with Crippen molar-refractivity contribution in [3.8, 4) is 0 Å². The van der Waals surface area contributed by atoms with Crippen molar-refractivity contribution < 1.29 is 27.7 Å². The Bertz CT molecular complexity index is 1170. The number of ketones is 1. The number of hydrogen-bond donors (Lipinski definition) is 1. The molecule has 1 aromatic carbocycles. The molecule has 1 saturated carbocycles. The molecule has 2 unspecified atom stereocenters. The van der Waals surface area contributed by atoms with E-state index in [9.17, 15) is 28.1 Å². The van der Waals surface area contributed by atoms with Crippen LogP contribution in [0.3, 0.4) is 0 Å². The molecule has 2 atom stereocenters. The highest BCUT2D eigenvalue weighted by Gasteiger charge is 2.43. The quantitative estimate of drug-likeness (QED) is 0.301. The summed E-state index contributed by atoms with van der Waals surface area (Å²) in [5.41, 5.74) is 0.836. The summed E-state index contributed by atoms with van der Waals surface area (Å²) < 4.78 is 32.8. The summed E-state index contributed by atoms with van der Waals surface area (Å²) in [6.45, 7) is 6.73. The third-order valence-corrected chi connectivity index (χ3v) is 7.19. The van der Waals surface area contributed by atoms with Crippen LogP contribution in [0.5, 0.6) is 0 Å². The van der Waals surface area contributed by atoms with Crippen LogP contribution in [0.2, 0.25) is 0 Å². The smallest absolute Gasteiger partial charge is 0.315 e. The van der Waals surface area contributed by atoms with E-state index >= 15 is 0 Å². The van der Waals surface area contributed by atoms with Gasteiger partial charge in [0.2, 0.25) is 10.0 Å². The van der Waals surface area contributed by atoms with Gasteiger partial charge in [0.25, 0.3) is 5.69 Å². The average molecular weight is 492 g/mol. The molecule has 2 aliphatic rings. The maximum Gasteiger partial charge on any atom is 0.315 e. The van der Waals surface area contributed by atoms with E-state index in [0.29, 0.717) is 17.2 Å². The van der Waals surface area contributed by atoms with Crippen LogP contribution >= 0.6 is 0 Å². The average Bonchev–Trinajstić information content (AvgIpc) is 3.54.